The highest BCUT2D eigenvalue weighted by Gasteiger charge is 2.08. The smallest absolute Gasteiger partial charge is 0.195 e. The van der Waals surface area contributed by atoms with Crippen LogP contribution in [0.3, 0.4) is 0 Å². The van der Waals surface area contributed by atoms with Crippen LogP contribution in [-0.2, 0) is 9.09 Å². The lowest BCUT2D eigenvalue weighted by Gasteiger charge is -2.06. The standard InChI is InChI=1S/C5H11Cl2O2P/c1-5(4-7)10(8)9-3-2-6/h5,10H,2-4H2,1H3. The number of hydrogen-bond acceptors (Lipinski definition) is 2. The summed E-state index contributed by atoms with van der Waals surface area (Å²) in [4.78, 5) is 0. The first kappa shape index (κ1) is 10.8. The summed E-state index contributed by atoms with van der Waals surface area (Å²) in [5.41, 5.74) is -0.0464. The van der Waals surface area contributed by atoms with Gasteiger partial charge in [-0.15, -0.1) is 23.2 Å². The van der Waals surface area contributed by atoms with Crippen molar-refractivity contribution in [2.45, 2.75) is 12.6 Å². The summed E-state index contributed by atoms with van der Waals surface area (Å²) >= 11 is 10.8. The van der Waals surface area contributed by atoms with Crippen molar-refractivity contribution in [3.63, 3.8) is 0 Å². The van der Waals surface area contributed by atoms with Crippen molar-refractivity contribution in [3.05, 3.63) is 0 Å². The molecule has 0 aromatic carbocycles. The molecule has 0 saturated carbocycles. The number of hydrogen-bond donors (Lipinski definition) is 0. The fraction of sp³-hybridized carbons (Fsp3) is 1.00. The Labute approximate surface area is 71.7 Å². The molecule has 62 valence electrons. The van der Waals surface area contributed by atoms with E-state index in [1.807, 2.05) is 0 Å². The van der Waals surface area contributed by atoms with Crippen LogP contribution in [-0.4, -0.2) is 24.0 Å². The Bertz CT molecular complexity index is 110. The maximum absolute atomic E-state index is 11.0. The molecule has 0 spiro atoms. The van der Waals surface area contributed by atoms with Gasteiger partial charge in [0.05, 0.1) is 6.61 Å². The molecule has 0 saturated heterocycles. The average Bonchev–Trinajstić information content (AvgIpc) is 1.98. The second-order valence-electron chi connectivity index (χ2n) is 1.91. The van der Waals surface area contributed by atoms with Crippen LogP contribution < -0.4 is 0 Å². The molecule has 0 fully saturated rings. The SMILES string of the molecule is CC(CCl)[PH](=O)OCCCl. The highest BCUT2D eigenvalue weighted by atomic mass is 35.5. The van der Waals surface area contributed by atoms with Gasteiger partial charge in [-0.3, -0.25) is 4.57 Å². The summed E-state index contributed by atoms with van der Waals surface area (Å²) in [6.07, 6.45) is 0. The topological polar surface area (TPSA) is 26.3 Å². The highest BCUT2D eigenvalue weighted by molar-refractivity contribution is 7.40. The van der Waals surface area contributed by atoms with Gasteiger partial charge in [0.15, 0.2) is 8.03 Å². The zero-order valence-corrected chi connectivity index (χ0v) is 8.28. The molecule has 0 heterocycles. The van der Waals surface area contributed by atoms with Gasteiger partial charge in [-0.1, -0.05) is 6.92 Å². The van der Waals surface area contributed by atoms with Crippen LogP contribution in [0.1, 0.15) is 6.92 Å². The molecule has 0 bridgehead atoms. The quantitative estimate of drug-likeness (QED) is 0.508. The molecule has 0 rings (SSSR count). The molecule has 0 aromatic rings. The van der Waals surface area contributed by atoms with E-state index < -0.39 is 8.03 Å². The van der Waals surface area contributed by atoms with Crippen molar-refractivity contribution in [2.75, 3.05) is 18.4 Å². The normalized spacial score (nSPS) is 16.7. The Morgan fingerprint density at radius 1 is 1.60 bits per heavy atom. The molecule has 0 aliphatic rings. The first-order chi connectivity index (χ1) is 4.72. The molecule has 2 nitrogen and oxygen atoms in total. The van der Waals surface area contributed by atoms with Crippen LogP contribution in [0.5, 0.6) is 0 Å². The van der Waals surface area contributed by atoms with Crippen molar-refractivity contribution in [1.82, 2.24) is 0 Å². The van der Waals surface area contributed by atoms with E-state index in [1.165, 1.54) is 0 Å². The van der Waals surface area contributed by atoms with Gasteiger partial charge in [-0.25, -0.2) is 0 Å². The first-order valence-electron chi connectivity index (χ1n) is 3.01. The summed E-state index contributed by atoms with van der Waals surface area (Å²) in [6.45, 7) is 2.14. The third-order valence-corrected chi connectivity index (χ3v) is 3.33. The number of halogens is 2. The monoisotopic (exact) mass is 204 g/mol. The Hall–Kier alpha value is 0.770. The molecule has 0 aliphatic heterocycles. The van der Waals surface area contributed by atoms with E-state index >= 15 is 0 Å². The first-order valence-corrected chi connectivity index (χ1v) is 5.47. The van der Waals surface area contributed by atoms with Gasteiger partial charge in [0.25, 0.3) is 0 Å². The van der Waals surface area contributed by atoms with Crippen LogP contribution in [0.25, 0.3) is 0 Å². The second-order valence-corrected chi connectivity index (χ2v) is 4.51. The van der Waals surface area contributed by atoms with Crippen molar-refractivity contribution < 1.29 is 9.09 Å². The van der Waals surface area contributed by atoms with E-state index in [4.69, 9.17) is 27.7 Å². The third-order valence-electron chi connectivity index (χ3n) is 0.955. The van der Waals surface area contributed by atoms with E-state index in [-0.39, 0.29) is 5.66 Å². The zero-order chi connectivity index (χ0) is 7.98. The fourth-order valence-electron chi connectivity index (χ4n) is 0.344. The molecule has 0 N–H and O–H groups in total. The Balaban J connectivity index is 3.42. The van der Waals surface area contributed by atoms with Crippen molar-refractivity contribution >= 4 is 31.2 Å². The molecule has 10 heavy (non-hydrogen) atoms. The van der Waals surface area contributed by atoms with E-state index in [0.29, 0.717) is 18.4 Å². The fourth-order valence-corrected chi connectivity index (χ4v) is 1.64. The molecule has 0 aromatic heterocycles. The molecule has 2 atom stereocenters. The van der Waals surface area contributed by atoms with Crippen LogP contribution in [0.2, 0.25) is 0 Å². The minimum atomic E-state index is -1.95. The van der Waals surface area contributed by atoms with E-state index in [1.54, 1.807) is 6.92 Å². The van der Waals surface area contributed by atoms with Crippen LogP contribution in [0, 0.1) is 0 Å². The lowest BCUT2D eigenvalue weighted by molar-refractivity contribution is 0.348. The minimum absolute atomic E-state index is 0.0464. The van der Waals surface area contributed by atoms with Gasteiger partial charge >= 0.3 is 0 Å². The molecule has 0 aliphatic carbocycles. The molecule has 2 unspecified atom stereocenters. The molecule has 0 amide bonds. The summed E-state index contributed by atoms with van der Waals surface area (Å²) in [5.74, 6) is 0.755. The van der Waals surface area contributed by atoms with Crippen molar-refractivity contribution in [2.24, 2.45) is 0 Å². The lowest BCUT2D eigenvalue weighted by atomic mass is 10.6. The van der Waals surface area contributed by atoms with Gasteiger partial charge in [0.2, 0.25) is 0 Å². The highest BCUT2D eigenvalue weighted by Crippen LogP contribution is 2.29. The predicted molar refractivity (Wildman–Crippen MR) is 45.9 cm³/mol. The maximum atomic E-state index is 11.0. The van der Waals surface area contributed by atoms with Crippen LogP contribution >= 0.6 is 31.2 Å². The van der Waals surface area contributed by atoms with Gasteiger partial charge in [-0.2, -0.15) is 0 Å². The molecular formula is C5H11Cl2O2P. The molecular weight excluding hydrogens is 194 g/mol. The minimum Gasteiger partial charge on any atom is -0.329 e. The van der Waals surface area contributed by atoms with Crippen LogP contribution in [0.4, 0.5) is 0 Å². The Morgan fingerprint density at radius 3 is 2.60 bits per heavy atom. The Kier molecular flexibility index (Phi) is 6.98. The number of rotatable bonds is 5. The lowest BCUT2D eigenvalue weighted by Crippen LogP contribution is -2.00. The second kappa shape index (κ2) is 6.48. The summed E-state index contributed by atoms with van der Waals surface area (Å²) in [7, 11) is -1.95. The predicted octanol–water partition coefficient (Wildman–Crippen LogP) is 2.34. The summed E-state index contributed by atoms with van der Waals surface area (Å²) in [6, 6.07) is 0. The van der Waals surface area contributed by atoms with Gasteiger partial charge in [0.1, 0.15) is 0 Å². The zero-order valence-electron chi connectivity index (χ0n) is 5.77. The Morgan fingerprint density at radius 2 is 2.20 bits per heavy atom. The van der Waals surface area contributed by atoms with E-state index in [2.05, 4.69) is 0 Å². The molecule has 5 heteroatoms. The van der Waals surface area contributed by atoms with E-state index in [0.717, 1.165) is 0 Å². The van der Waals surface area contributed by atoms with Crippen LogP contribution in [0.15, 0.2) is 0 Å². The summed E-state index contributed by atoms with van der Waals surface area (Å²) < 4.78 is 15.8. The average molecular weight is 205 g/mol. The third kappa shape index (κ3) is 4.56. The van der Waals surface area contributed by atoms with Gasteiger partial charge < -0.3 is 4.52 Å². The van der Waals surface area contributed by atoms with Gasteiger partial charge in [0, 0.05) is 17.4 Å². The number of alkyl halides is 2. The van der Waals surface area contributed by atoms with E-state index in [9.17, 15) is 4.57 Å². The van der Waals surface area contributed by atoms with Crippen molar-refractivity contribution in [3.8, 4) is 0 Å². The van der Waals surface area contributed by atoms with Crippen molar-refractivity contribution in [1.29, 1.82) is 0 Å². The largest absolute Gasteiger partial charge is 0.329 e. The maximum Gasteiger partial charge on any atom is 0.195 e. The summed E-state index contributed by atoms with van der Waals surface area (Å²) in [5, 5.41) is 0. The molecule has 0 radical (unpaired) electrons. The van der Waals surface area contributed by atoms with Gasteiger partial charge in [-0.05, 0) is 0 Å².